The van der Waals surface area contributed by atoms with Crippen molar-refractivity contribution in [3.63, 3.8) is 0 Å². The van der Waals surface area contributed by atoms with Gasteiger partial charge in [-0.1, -0.05) is 33.8 Å². The highest BCUT2D eigenvalue weighted by Gasteiger charge is 2.22. The van der Waals surface area contributed by atoms with Crippen LogP contribution in [-0.2, 0) is 0 Å². The SMILES string of the molecule is CC(C)c1ccc2oc(C(=O)O)c(C(C)C)c2c1. The standard InChI is InChI=1S/C15H18O3/c1-8(2)10-5-6-12-11(7-10)13(9(3)4)14(18-12)15(16)17/h5-9H,1-4H3,(H,16,17). The molecule has 0 fully saturated rings. The molecule has 2 aromatic rings. The van der Waals surface area contributed by atoms with Gasteiger partial charge >= 0.3 is 5.97 Å². The highest BCUT2D eigenvalue weighted by Crippen LogP contribution is 2.33. The number of hydrogen-bond acceptors (Lipinski definition) is 2. The Kier molecular flexibility index (Phi) is 3.16. The number of benzene rings is 1. The fourth-order valence-corrected chi connectivity index (χ4v) is 2.23. The van der Waals surface area contributed by atoms with Gasteiger partial charge in [0.25, 0.3) is 0 Å². The molecule has 0 spiro atoms. The molecule has 0 saturated carbocycles. The third-order valence-corrected chi connectivity index (χ3v) is 3.19. The molecule has 0 atom stereocenters. The van der Waals surface area contributed by atoms with Crippen LogP contribution < -0.4 is 0 Å². The first-order valence-electron chi connectivity index (χ1n) is 6.21. The van der Waals surface area contributed by atoms with Crippen LogP contribution in [0.4, 0.5) is 0 Å². The second-order valence-corrected chi connectivity index (χ2v) is 5.22. The van der Waals surface area contributed by atoms with Crippen LogP contribution in [0, 0.1) is 0 Å². The van der Waals surface area contributed by atoms with Gasteiger partial charge in [-0.3, -0.25) is 0 Å². The lowest BCUT2D eigenvalue weighted by molar-refractivity contribution is 0.0663. The van der Waals surface area contributed by atoms with Crippen molar-refractivity contribution in [3.8, 4) is 0 Å². The Morgan fingerprint density at radius 1 is 1.17 bits per heavy atom. The van der Waals surface area contributed by atoms with Crippen molar-refractivity contribution in [2.75, 3.05) is 0 Å². The number of aromatic carboxylic acids is 1. The Morgan fingerprint density at radius 2 is 1.83 bits per heavy atom. The minimum atomic E-state index is -0.999. The highest BCUT2D eigenvalue weighted by molar-refractivity contribution is 5.95. The van der Waals surface area contributed by atoms with E-state index in [4.69, 9.17) is 4.42 Å². The highest BCUT2D eigenvalue weighted by atomic mass is 16.4. The van der Waals surface area contributed by atoms with Crippen LogP contribution >= 0.6 is 0 Å². The zero-order chi connectivity index (χ0) is 13.4. The zero-order valence-electron chi connectivity index (χ0n) is 11.2. The maximum atomic E-state index is 11.2. The zero-order valence-corrected chi connectivity index (χ0v) is 11.2. The summed E-state index contributed by atoms with van der Waals surface area (Å²) < 4.78 is 5.46. The molecule has 0 unspecified atom stereocenters. The van der Waals surface area contributed by atoms with Gasteiger partial charge in [0.1, 0.15) is 5.58 Å². The molecule has 0 amide bonds. The summed E-state index contributed by atoms with van der Waals surface area (Å²) in [5, 5.41) is 10.1. The molecule has 3 nitrogen and oxygen atoms in total. The van der Waals surface area contributed by atoms with E-state index in [1.165, 1.54) is 5.56 Å². The minimum absolute atomic E-state index is 0.0703. The average Bonchev–Trinajstić information content (AvgIpc) is 2.66. The van der Waals surface area contributed by atoms with Crippen molar-refractivity contribution in [2.45, 2.75) is 39.5 Å². The first kappa shape index (κ1) is 12.7. The van der Waals surface area contributed by atoms with E-state index in [-0.39, 0.29) is 11.7 Å². The van der Waals surface area contributed by atoms with E-state index in [0.717, 1.165) is 10.9 Å². The summed E-state index contributed by atoms with van der Waals surface area (Å²) >= 11 is 0. The van der Waals surface area contributed by atoms with Gasteiger partial charge in [-0.05, 0) is 29.5 Å². The Bertz CT molecular complexity index is 591. The summed E-state index contributed by atoms with van der Waals surface area (Å²) in [7, 11) is 0. The van der Waals surface area contributed by atoms with Crippen LogP contribution in [0.25, 0.3) is 11.0 Å². The maximum absolute atomic E-state index is 11.2. The predicted molar refractivity (Wildman–Crippen MR) is 71.4 cm³/mol. The summed E-state index contributed by atoms with van der Waals surface area (Å²) in [4.78, 5) is 11.2. The second-order valence-electron chi connectivity index (χ2n) is 5.22. The molecule has 0 aliphatic rings. The lowest BCUT2D eigenvalue weighted by Gasteiger charge is -2.07. The number of carboxylic acid groups (broad SMARTS) is 1. The monoisotopic (exact) mass is 246 g/mol. The van der Waals surface area contributed by atoms with Gasteiger partial charge < -0.3 is 9.52 Å². The molecule has 0 bridgehead atoms. The van der Waals surface area contributed by atoms with E-state index in [1.807, 2.05) is 32.0 Å². The predicted octanol–water partition coefficient (Wildman–Crippen LogP) is 4.38. The van der Waals surface area contributed by atoms with Crippen LogP contribution in [0.1, 0.15) is 61.2 Å². The second kappa shape index (κ2) is 4.48. The van der Waals surface area contributed by atoms with E-state index in [2.05, 4.69) is 13.8 Å². The summed E-state index contributed by atoms with van der Waals surface area (Å²) in [6.07, 6.45) is 0. The Balaban J connectivity index is 2.75. The molecule has 0 aliphatic heterocycles. The molecule has 96 valence electrons. The molecule has 1 aromatic carbocycles. The van der Waals surface area contributed by atoms with Crippen molar-refractivity contribution in [3.05, 3.63) is 35.1 Å². The summed E-state index contributed by atoms with van der Waals surface area (Å²) in [5.41, 5.74) is 2.64. The molecule has 0 aliphatic carbocycles. The molecule has 18 heavy (non-hydrogen) atoms. The fraction of sp³-hybridized carbons (Fsp3) is 0.400. The van der Waals surface area contributed by atoms with Gasteiger partial charge in [-0.15, -0.1) is 0 Å². The molecular weight excluding hydrogens is 228 g/mol. The first-order valence-corrected chi connectivity index (χ1v) is 6.21. The molecule has 1 aromatic heterocycles. The normalized spacial score (nSPS) is 11.7. The molecule has 0 saturated heterocycles. The molecule has 2 rings (SSSR count). The number of hydrogen-bond donors (Lipinski definition) is 1. The van der Waals surface area contributed by atoms with Gasteiger partial charge in [-0.25, -0.2) is 4.79 Å². The quantitative estimate of drug-likeness (QED) is 0.874. The average molecular weight is 246 g/mol. The van der Waals surface area contributed by atoms with Crippen LogP contribution in [0.15, 0.2) is 22.6 Å². The summed E-state index contributed by atoms with van der Waals surface area (Å²) in [5.74, 6) is -0.390. The largest absolute Gasteiger partial charge is 0.475 e. The van der Waals surface area contributed by atoms with Gasteiger partial charge in [0.2, 0.25) is 5.76 Å². The molecule has 1 N–H and O–H groups in total. The van der Waals surface area contributed by atoms with E-state index in [0.29, 0.717) is 11.5 Å². The lowest BCUT2D eigenvalue weighted by Crippen LogP contribution is -2.00. The van der Waals surface area contributed by atoms with Gasteiger partial charge in [-0.2, -0.15) is 0 Å². The number of carbonyl (C=O) groups is 1. The van der Waals surface area contributed by atoms with Crippen molar-refractivity contribution in [1.29, 1.82) is 0 Å². The van der Waals surface area contributed by atoms with E-state index in [1.54, 1.807) is 0 Å². The van der Waals surface area contributed by atoms with Gasteiger partial charge in [0.15, 0.2) is 0 Å². The van der Waals surface area contributed by atoms with E-state index >= 15 is 0 Å². The van der Waals surface area contributed by atoms with Crippen LogP contribution in [0.3, 0.4) is 0 Å². The van der Waals surface area contributed by atoms with E-state index in [9.17, 15) is 9.90 Å². The van der Waals surface area contributed by atoms with Crippen molar-refractivity contribution in [1.82, 2.24) is 0 Å². The summed E-state index contributed by atoms with van der Waals surface area (Å²) in [6, 6.07) is 5.90. The fourth-order valence-electron chi connectivity index (χ4n) is 2.23. The van der Waals surface area contributed by atoms with Crippen LogP contribution in [0.2, 0.25) is 0 Å². The first-order chi connectivity index (χ1) is 8.41. The number of rotatable bonds is 3. The number of carboxylic acids is 1. The summed E-state index contributed by atoms with van der Waals surface area (Å²) in [6.45, 7) is 8.21. The van der Waals surface area contributed by atoms with Crippen LogP contribution in [0.5, 0.6) is 0 Å². The Hall–Kier alpha value is -1.77. The molecule has 3 heteroatoms. The van der Waals surface area contributed by atoms with Gasteiger partial charge in [0, 0.05) is 10.9 Å². The molecule has 0 radical (unpaired) electrons. The maximum Gasteiger partial charge on any atom is 0.372 e. The third-order valence-electron chi connectivity index (χ3n) is 3.19. The minimum Gasteiger partial charge on any atom is -0.475 e. The van der Waals surface area contributed by atoms with E-state index < -0.39 is 5.97 Å². The molecular formula is C15H18O3. The van der Waals surface area contributed by atoms with Crippen molar-refractivity contribution in [2.24, 2.45) is 0 Å². The Morgan fingerprint density at radius 3 is 2.33 bits per heavy atom. The van der Waals surface area contributed by atoms with Crippen LogP contribution in [-0.4, -0.2) is 11.1 Å². The Labute approximate surface area is 106 Å². The van der Waals surface area contributed by atoms with Crippen molar-refractivity contribution < 1.29 is 14.3 Å². The number of furan rings is 1. The van der Waals surface area contributed by atoms with Gasteiger partial charge in [0.05, 0.1) is 0 Å². The topological polar surface area (TPSA) is 50.4 Å². The molecule has 1 heterocycles. The number of fused-ring (bicyclic) bond motifs is 1. The third kappa shape index (κ3) is 2.01. The lowest BCUT2D eigenvalue weighted by atomic mass is 9.95. The smallest absolute Gasteiger partial charge is 0.372 e. The van der Waals surface area contributed by atoms with Crippen molar-refractivity contribution >= 4 is 16.9 Å².